The average molecular weight is 286 g/mol. The van der Waals surface area contributed by atoms with Gasteiger partial charge in [0.05, 0.1) is 5.41 Å². The first kappa shape index (κ1) is 14.9. The molecule has 0 bridgehead atoms. The normalized spacial score (nSPS) is 16.9. The molecule has 2 N–H and O–H groups in total. The van der Waals surface area contributed by atoms with Crippen LogP contribution < -0.4 is 5.32 Å². The lowest BCUT2D eigenvalue weighted by molar-refractivity contribution is -0.150. The van der Waals surface area contributed by atoms with E-state index in [1.165, 1.54) is 0 Å². The molecule has 0 radical (unpaired) electrons. The average Bonchev–Trinajstić information content (AvgIpc) is 2.48. The SMILES string of the molecule is C#Cc1cccc(NC(=O)N2CCC(C)(C(=O)O)CC2)c1. The van der Waals surface area contributed by atoms with E-state index in [9.17, 15) is 14.7 Å². The Morgan fingerprint density at radius 3 is 2.62 bits per heavy atom. The van der Waals surface area contributed by atoms with Crippen molar-refractivity contribution < 1.29 is 14.7 Å². The fourth-order valence-electron chi connectivity index (χ4n) is 2.31. The molecule has 0 atom stereocenters. The number of piperidine rings is 1. The predicted octanol–water partition coefficient (Wildman–Crippen LogP) is 2.39. The fraction of sp³-hybridized carbons (Fsp3) is 0.375. The van der Waals surface area contributed by atoms with E-state index in [0.29, 0.717) is 37.2 Å². The van der Waals surface area contributed by atoms with Gasteiger partial charge in [-0.3, -0.25) is 4.79 Å². The van der Waals surface area contributed by atoms with Crippen LogP contribution in [0.2, 0.25) is 0 Å². The number of carboxylic acids is 1. The number of carboxylic acid groups (broad SMARTS) is 1. The topological polar surface area (TPSA) is 69.6 Å². The molecule has 1 aliphatic rings. The Kier molecular flexibility index (Phi) is 4.18. The third-order valence-corrected chi connectivity index (χ3v) is 3.95. The molecule has 110 valence electrons. The van der Waals surface area contributed by atoms with Crippen LogP contribution in [0.5, 0.6) is 0 Å². The van der Waals surface area contributed by atoms with E-state index in [-0.39, 0.29) is 6.03 Å². The lowest BCUT2D eigenvalue weighted by Gasteiger charge is -2.36. The van der Waals surface area contributed by atoms with Crippen molar-refractivity contribution in [3.8, 4) is 12.3 Å². The number of hydrogen-bond acceptors (Lipinski definition) is 2. The van der Waals surface area contributed by atoms with Crippen LogP contribution in [-0.2, 0) is 4.79 Å². The maximum atomic E-state index is 12.2. The molecule has 2 rings (SSSR count). The smallest absolute Gasteiger partial charge is 0.321 e. The molecular weight excluding hydrogens is 268 g/mol. The third kappa shape index (κ3) is 3.34. The van der Waals surface area contributed by atoms with Gasteiger partial charge >= 0.3 is 12.0 Å². The molecule has 0 aromatic heterocycles. The van der Waals surface area contributed by atoms with Crippen LogP contribution in [-0.4, -0.2) is 35.1 Å². The summed E-state index contributed by atoms with van der Waals surface area (Å²) in [5, 5.41) is 12.0. The van der Waals surface area contributed by atoms with Gasteiger partial charge in [0, 0.05) is 24.3 Å². The summed E-state index contributed by atoms with van der Waals surface area (Å²) < 4.78 is 0. The number of benzene rings is 1. The van der Waals surface area contributed by atoms with Gasteiger partial charge in [0.2, 0.25) is 0 Å². The number of nitrogens with zero attached hydrogens (tertiary/aromatic N) is 1. The summed E-state index contributed by atoms with van der Waals surface area (Å²) in [6, 6.07) is 6.83. The fourth-order valence-corrected chi connectivity index (χ4v) is 2.31. The maximum absolute atomic E-state index is 12.2. The second kappa shape index (κ2) is 5.88. The molecule has 0 unspecified atom stereocenters. The molecule has 0 aliphatic carbocycles. The Bertz CT molecular complexity index is 596. The summed E-state index contributed by atoms with van der Waals surface area (Å²) in [7, 11) is 0. The molecule has 1 aromatic rings. The van der Waals surface area contributed by atoms with Crippen molar-refractivity contribution in [2.24, 2.45) is 5.41 Å². The molecule has 5 nitrogen and oxygen atoms in total. The van der Waals surface area contributed by atoms with Gasteiger partial charge in [-0.15, -0.1) is 6.42 Å². The van der Waals surface area contributed by atoms with Crippen LogP contribution in [0.3, 0.4) is 0 Å². The minimum atomic E-state index is -0.802. The van der Waals surface area contributed by atoms with Crippen molar-refractivity contribution in [2.45, 2.75) is 19.8 Å². The van der Waals surface area contributed by atoms with Crippen molar-refractivity contribution in [1.82, 2.24) is 4.90 Å². The monoisotopic (exact) mass is 286 g/mol. The zero-order valence-corrected chi connectivity index (χ0v) is 11.9. The molecule has 5 heteroatoms. The number of carbonyl (C=O) groups is 2. The quantitative estimate of drug-likeness (QED) is 0.820. The van der Waals surface area contributed by atoms with E-state index >= 15 is 0 Å². The highest BCUT2D eigenvalue weighted by molar-refractivity contribution is 5.89. The van der Waals surface area contributed by atoms with Gasteiger partial charge in [0.25, 0.3) is 0 Å². The summed E-state index contributed by atoms with van der Waals surface area (Å²) in [6.45, 7) is 2.59. The molecule has 1 aliphatic heterocycles. The summed E-state index contributed by atoms with van der Waals surface area (Å²) in [5.41, 5.74) is 0.604. The Labute approximate surface area is 124 Å². The van der Waals surface area contributed by atoms with E-state index in [1.54, 1.807) is 36.1 Å². The Morgan fingerprint density at radius 1 is 1.38 bits per heavy atom. The number of carbonyl (C=O) groups excluding carboxylic acids is 1. The minimum Gasteiger partial charge on any atom is -0.481 e. The van der Waals surface area contributed by atoms with Crippen molar-refractivity contribution in [3.05, 3.63) is 29.8 Å². The number of aliphatic carboxylic acids is 1. The number of rotatable bonds is 2. The molecule has 1 fully saturated rings. The van der Waals surface area contributed by atoms with Gasteiger partial charge < -0.3 is 15.3 Å². The van der Waals surface area contributed by atoms with Gasteiger partial charge in [0.15, 0.2) is 0 Å². The molecule has 0 spiro atoms. The molecule has 2 amide bonds. The van der Waals surface area contributed by atoms with Gasteiger partial charge in [-0.25, -0.2) is 4.79 Å². The van der Waals surface area contributed by atoms with Crippen molar-refractivity contribution in [1.29, 1.82) is 0 Å². The molecular formula is C16H18N2O3. The van der Waals surface area contributed by atoms with E-state index in [0.717, 1.165) is 0 Å². The molecule has 0 saturated carbocycles. The van der Waals surface area contributed by atoms with Gasteiger partial charge in [-0.2, -0.15) is 0 Å². The Morgan fingerprint density at radius 2 is 2.05 bits per heavy atom. The first-order valence-electron chi connectivity index (χ1n) is 6.81. The maximum Gasteiger partial charge on any atom is 0.321 e. The lowest BCUT2D eigenvalue weighted by atomic mass is 9.80. The Hall–Kier alpha value is -2.48. The van der Waals surface area contributed by atoms with Crippen LogP contribution in [0.1, 0.15) is 25.3 Å². The summed E-state index contributed by atoms with van der Waals surface area (Å²) in [6.07, 6.45) is 6.24. The zero-order valence-electron chi connectivity index (χ0n) is 11.9. The summed E-state index contributed by atoms with van der Waals surface area (Å²) in [4.78, 5) is 25.0. The van der Waals surface area contributed by atoms with E-state index in [1.807, 2.05) is 0 Å². The van der Waals surface area contributed by atoms with E-state index in [4.69, 9.17) is 6.42 Å². The minimum absolute atomic E-state index is 0.225. The Balaban J connectivity index is 1.96. The zero-order chi connectivity index (χ0) is 15.5. The predicted molar refractivity (Wildman–Crippen MR) is 79.9 cm³/mol. The third-order valence-electron chi connectivity index (χ3n) is 3.95. The highest BCUT2D eigenvalue weighted by atomic mass is 16.4. The van der Waals surface area contributed by atoms with E-state index < -0.39 is 11.4 Å². The van der Waals surface area contributed by atoms with Gasteiger partial charge in [-0.1, -0.05) is 12.0 Å². The van der Waals surface area contributed by atoms with Crippen LogP contribution >= 0.6 is 0 Å². The number of likely N-dealkylation sites (tertiary alicyclic amines) is 1. The number of hydrogen-bond donors (Lipinski definition) is 2. The standard InChI is InChI=1S/C16H18N2O3/c1-3-12-5-4-6-13(11-12)17-15(21)18-9-7-16(2,8-10-18)14(19)20/h1,4-6,11H,7-10H2,2H3,(H,17,21)(H,19,20). The highest BCUT2D eigenvalue weighted by Crippen LogP contribution is 2.31. The number of amides is 2. The molecule has 1 saturated heterocycles. The van der Waals surface area contributed by atoms with Crippen LogP contribution in [0.4, 0.5) is 10.5 Å². The molecule has 1 heterocycles. The summed E-state index contributed by atoms with van der Waals surface area (Å²) >= 11 is 0. The van der Waals surface area contributed by atoms with Gasteiger partial charge in [-0.05, 0) is 38.0 Å². The number of nitrogens with one attached hydrogen (secondary N) is 1. The van der Waals surface area contributed by atoms with Crippen LogP contribution in [0, 0.1) is 17.8 Å². The molecule has 1 aromatic carbocycles. The van der Waals surface area contributed by atoms with Crippen molar-refractivity contribution in [2.75, 3.05) is 18.4 Å². The molecule has 21 heavy (non-hydrogen) atoms. The van der Waals surface area contributed by atoms with Gasteiger partial charge in [0.1, 0.15) is 0 Å². The second-order valence-electron chi connectivity index (χ2n) is 5.51. The van der Waals surface area contributed by atoms with Crippen molar-refractivity contribution in [3.63, 3.8) is 0 Å². The first-order chi connectivity index (χ1) is 9.94. The first-order valence-corrected chi connectivity index (χ1v) is 6.81. The largest absolute Gasteiger partial charge is 0.481 e. The number of terminal acetylenes is 1. The highest BCUT2D eigenvalue weighted by Gasteiger charge is 2.38. The van der Waals surface area contributed by atoms with Crippen LogP contribution in [0.25, 0.3) is 0 Å². The van der Waals surface area contributed by atoms with Crippen LogP contribution in [0.15, 0.2) is 24.3 Å². The number of anilines is 1. The number of urea groups is 1. The summed E-state index contributed by atoms with van der Waals surface area (Å²) in [5.74, 6) is 1.71. The van der Waals surface area contributed by atoms with Crippen molar-refractivity contribution >= 4 is 17.7 Å². The second-order valence-corrected chi connectivity index (χ2v) is 5.51. The van der Waals surface area contributed by atoms with E-state index in [2.05, 4.69) is 11.2 Å². The lowest BCUT2D eigenvalue weighted by Crippen LogP contribution is -2.46.